The summed E-state index contributed by atoms with van der Waals surface area (Å²) in [6.07, 6.45) is 3.62. The molecule has 2 saturated heterocycles. The van der Waals surface area contributed by atoms with Gasteiger partial charge in [0.2, 0.25) is 0 Å². The van der Waals surface area contributed by atoms with Crippen LogP contribution in [0.2, 0.25) is 0 Å². The molecule has 2 aliphatic rings. The minimum Gasteiger partial charge on any atom is -0.338 e. The molecule has 126 valence electrons. The van der Waals surface area contributed by atoms with Gasteiger partial charge in [-0.25, -0.2) is 0 Å². The fourth-order valence-corrected chi connectivity index (χ4v) is 5.01. The van der Waals surface area contributed by atoms with Gasteiger partial charge in [-0.3, -0.25) is 4.79 Å². The minimum absolute atomic E-state index is 0.196. The molecule has 0 aliphatic carbocycles. The highest BCUT2D eigenvalue weighted by Crippen LogP contribution is 2.38. The zero-order chi connectivity index (χ0) is 16.6. The summed E-state index contributed by atoms with van der Waals surface area (Å²) in [4.78, 5) is 18.7. The van der Waals surface area contributed by atoms with Crippen LogP contribution in [0.3, 0.4) is 0 Å². The second-order valence-electron chi connectivity index (χ2n) is 7.37. The van der Waals surface area contributed by atoms with Gasteiger partial charge in [0.1, 0.15) is 0 Å². The fraction of sp³-hybridized carbons (Fsp3) is 0.450. The van der Waals surface area contributed by atoms with Crippen molar-refractivity contribution < 1.29 is 4.79 Å². The third kappa shape index (κ3) is 3.01. The van der Waals surface area contributed by atoms with E-state index >= 15 is 0 Å². The van der Waals surface area contributed by atoms with E-state index in [0.29, 0.717) is 5.41 Å². The van der Waals surface area contributed by atoms with Crippen molar-refractivity contribution in [1.29, 1.82) is 0 Å². The molecular weight excluding hydrogens is 316 g/mol. The molecule has 0 bridgehead atoms. The molecular formula is C20H24N2OS. The number of rotatable bonds is 2. The molecule has 1 unspecified atom stereocenters. The number of carbonyl (C=O) groups is 1. The van der Waals surface area contributed by atoms with E-state index in [0.717, 1.165) is 38.2 Å². The molecule has 0 saturated carbocycles. The van der Waals surface area contributed by atoms with Gasteiger partial charge in [0, 0.05) is 35.5 Å². The summed E-state index contributed by atoms with van der Waals surface area (Å²) in [7, 11) is 2.19. The first-order valence-corrected chi connectivity index (χ1v) is 9.65. The first-order valence-electron chi connectivity index (χ1n) is 8.77. The molecule has 1 atom stereocenters. The van der Waals surface area contributed by atoms with E-state index in [4.69, 9.17) is 0 Å². The zero-order valence-corrected chi connectivity index (χ0v) is 15.0. The van der Waals surface area contributed by atoms with Crippen LogP contribution in [0.1, 0.15) is 29.6 Å². The lowest BCUT2D eigenvalue weighted by atomic mass is 9.79. The van der Waals surface area contributed by atoms with Gasteiger partial charge in [0.05, 0.1) is 0 Å². The van der Waals surface area contributed by atoms with Crippen LogP contribution in [0.25, 0.3) is 10.4 Å². The number of carbonyl (C=O) groups excluding carboxylic acids is 1. The quantitative estimate of drug-likeness (QED) is 0.826. The van der Waals surface area contributed by atoms with Gasteiger partial charge in [-0.15, -0.1) is 11.3 Å². The first kappa shape index (κ1) is 15.9. The Balaban J connectivity index is 1.49. The molecule has 4 rings (SSSR count). The van der Waals surface area contributed by atoms with E-state index in [9.17, 15) is 4.79 Å². The Kier molecular flexibility index (Phi) is 4.19. The highest BCUT2D eigenvalue weighted by Gasteiger charge is 2.41. The van der Waals surface area contributed by atoms with Crippen LogP contribution in [0.15, 0.2) is 41.8 Å². The van der Waals surface area contributed by atoms with E-state index in [1.165, 1.54) is 23.3 Å². The van der Waals surface area contributed by atoms with Crippen LogP contribution in [-0.2, 0) is 0 Å². The average molecular weight is 340 g/mol. The molecule has 3 nitrogen and oxygen atoms in total. The SMILES string of the molecule is CN1CCC2(CCCN(C(=O)c3ccc(-c4cccs4)cc3)C2)C1. The van der Waals surface area contributed by atoms with Crippen LogP contribution in [0.5, 0.6) is 0 Å². The number of nitrogens with zero attached hydrogens (tertiary/aromatic N) is 2. The first-order chi connectivity index (χ1) is 11.7. The number of piperidine rings is 1. The van der Waals surface area contributed by atoms with E-state index in [-0.39, 0.29) is 5.91 Å². The number of amides is 1. The highest BCUT2D eigenvalue weighted by molar-refractivity contribution is 7.13. The average Bonchev–Trinajstić information content (AvgIpc) is 3.25. The normalized spacial score (nSPS) is 24.6. The monoisotopic (exact) mass is 340 g/mol. The predicted molar refractivity (Wildman–Crippen MR) is 99.4 cm³/mol. The molecule has 24 heavy (non-hydrogen) atoms. The van der Waals surface area contributed by atoms with Crippen molar-refractivity contribution in [2.24, 2.45) is 5.41 Å². The molecule has 1 aromatic carbocycles. The Hall–Kier alpha value is -1.65. The molecule has 0 N–H and O–H groups in total. The molecule has 1 spiro atoms. The van der Waals surface area contributed by atoms with Crippen LogP contribution < -0.4 is 0 Å². The highest BCUT2D eigenvalue weighted by atomic mass is 32.1. The van der Waals surface area contributed by atoms with Gasteiger partial charge >= 0.3 is 0 Å². The summed E-state index contributed by atoms with van der Waals surface area (Å²) < 4.78 is 0. The van der Waals surface area contributed by atoms with Gasteiger partial charge in [-0.05, 0) is 62.0 Å². The molecule has 4 heteroatoms. The van der Waals surface area contributed by atoms with E-state index in [1.807, 2.05) is 12.1 Å². The van der Waals surface area contributed by atoms with Crippen molar-refractivity contribution in [1.82, 2.24) is 9.80 Å². The largest absolute Gasteiger partial charge is 0.338 e. The van der Waals surface area contributed by atoms with Gasteiger partial charge in [-0.2, -0.15) is 0 Å². The smallest absolute Gasteiger partial charge is 0.253 e. The van der Waals surface area contributed by atoms with Crippen molar-refractivity contribution in [3.63, 3.8) is 0 Å². The van der Waals surface area contributed by atoms with Crippen LogP contribution >= 0.6 is 11.3 Å². The number of thiophene rings is 1. The van der Waals surface area contributed by atoms with Gasteiger partial charge in [0.25, 0.3) is 5.91 Å². The topological polar surface area (TPSA) is 23.6 Å². The Morgan fingerprint density at radius 3 is 2.58 bits per heavy atom. The number of hydrogen-bond donors (Lipinski definition) is 0. The summed E-state index contributed by atoms with van der Waals surface area (Å²) in [6.45, 7) is 4.12. The molecule has 1 aromatic heterocycles. The number of likely N-dealkylation sites (tertiary alicyclic amines) is 2. The maximum Gasteiger partial charge on any atom is 0.253 e. The third-order valence-corrected chi connectivity index (χ3v) is 6.43. The number of hydrogen-bond acceptors (Lipinski definition) is 3. The van der Waals surface area contributed by atoms with E-state index in [1.54, 1.807) is 11.3 Å². The lowest BCUT2D eigenvalue weighted by Crippen LogP contribution is -2.47. The summed E-state index contributed by atoms with van der Waals surface area (Å²) in [5.41, 5.74) is 2.34. The predicted octanol–water partition coefficient (Wildman–Crippen LogP) is 3.97. The lowest BCUT2D eigenvalue weighted by Gasteiger charge is -2.40. The Bertz CT molecular complexity index is 706. The lowest BCUT2D eigenvalue weighted by molar-refractivity contribution is 0.0534. The standard InChI is InChI=1S/C20H24N2OS/c1-21-12-10-20(14-21)9-3-11-22(15-20)19(23)17-7-5-16(6-8-17)18-4-2-13-24-18/h2,4-8,13H,3,9-12,14-15H2,1H3. The molecule has 3 heterocycles. The van der Waals surface area contributed by atoms with E-state index in [2.05, 4.69) is 46.5 Å². The molecule has 2 fully saturated rings. The summed E-state index contributed by atoms with van der Waals surface area (Å²) in [5.74, 6) is 0.196. The second kappa shape index (κ2) is 6.34. The number of benzene rings is 1. The maximum absolute atomic E-state index is 12.9. The van der Waals surface area contributed by atoms with Crippen molar-refractivity contribution in [2.75, 3.05) is 33.2 Å². The summed E-state index contributed by atoms with van der Waals surface area (Å²) in [5, 5.41) is 2.08. The van der Waals surface area contributed by atoms with Crippen molar-refractivity contribution in [2.45, 2.75) is 19.3 Å². The zero-order valence-electron chi connectivity index (χ0n) is 14.2. The van der Waals surface area contributed by atoms with Gasteiger partial charge < -0.3 is 9.80 Å². The molecule has 2 aliphatic heterocycles. The van der Waals surface area contributed by atoms with Crippen molar-refractivity contribution in [3.05, 3.63) is 47.3 Å². The summed E-state index contributed by atoms with van der Waals surface area (Å²) in [6, 6.07) is 12.3. The molecule has 1 amide bonds. The summed E-state index contributed by atoms with van der Waals surface area (Å²) >= 11 is 1.73. The van der Waals surface area contributed by atoms with Crippen molar-refractivity contribution >= 4 is 17.2 Å². The second-order valence-corrected chi connectivity index (χ2v) is 8.32. The fourth-order valence-electron chi connectivity index (χ4n) is 4.28. The molecule has 2 aromatic rings. The Morgan fingerprint density at radius 1 is 1.08 bits per heavy atom. The van der Waals surface area contributed by atoms with E-state index < -0.39 is 0 Å². The maximum atomic E-state index is 12.9. The Labute approximate surface area is 147 Å². The van der Waals surface area contributed by atoms with Crippen LogP contribution in [0, 0.1) is 5.41 Å². The van der Waals surface area contributed by atoms with Crippen LogP contribution in [0.4, 0.5) is 0 Å². The third-order valence-electron chi connectivity index (χ3n) is 5.52. The van der Waals surface area contributed by atoms with Crippen LogP contribution in [-0.4, -0.2) is 48.9 Å². The van der Waals surface area contributed by atoms with Gasteiger partial charge in [-0.1, -0.05) is 18.2 Å². The van der Waals surface area contributed by atoms with Crippen molar-refractivity contribution in [3.8, 4) is 10.4 Å². The van der Waals surface area contributed by atoms with Gasteiger partial charge in [0.15, 0.2) is 0 Å². The minimum atomic E-state index is 0.196. The molecule has 0 radical (unpaired) electrons. The Morgan fingerprint density at radius 2 is 1.92 bits per heavy atom.